The van der Waals surface area contributed by atoms with Gasteiger partial charge in [-0.25, -0.2) is 4.39 Å². The molecule has 17 heavy (non-hydrogen) atoms. The molecule has 0 aliphatic rings. The van der Waals surface area contributed by atoms with Crippen molar-refractivity contribution in [3.63, 3.8) is 0 Å². The number of hydrogen-bond donors (Lipinski definition) is 1. The molecule has 0 amide bonds. The van der Waals surface area contributed by atoms with Gasteiger partial charge in [0.15, 0.2) is 0 Å². The summed E-state index contributed by atoms with van der Waals surface area (Å²) in [7, 11) is 0. The molecule has 2 N–H and O–H groups in total. The van der Waals surface area contributed by atoms with E-state index in [9.17, 15) is 4.39 Å². The van der Waals surface area contributed by atoms with Crippen LogP contribution in [0.3, 0.4) is 0 Å². The van der Waals surface area contributed by atoms with Crippen LogP contribution in [0.5, 0.6) is 0 Å². The van der Waals surface area contributed by atoms with E-state index < -0.39 is 0 Å². The Hall–Kier alpha value is -1.55. The number of nitrogens with zero attached hydrogens (tertiary/aromatic N) is 1. The van der Waals surface area contributed by atoms with Crippen LogP contribution >= 0.6 is 11.8 Å². The van der Waals surface area contributed by atoms with Gasteiger partial charge in [-0.15, -0.1) is 11.8 Å². The maximum absolute atomic E-state index is 13.1. The zero-order chi connectivity index (χ0) is 12.3. The lowest BCUT2D eigenvalue weighted by molar-refractivity contribution is 0.624. The molecule has 0 radical (unpaired) electrons. The van der Waals surface area contributed by atoms with Crippen LogP contribution in [-0.2, 0) is 5.75 Å². The molecule has 2 aromatic rings. The summed E-state index contributed by atoms with van der Waals surface area (Å²) in [5.74, 6) is 0.478. The molecule has 0 unspecified atom stereocenters. The van der Waals surface area contributed by atoms with Crippen molar-refractivity contribution in [2.75, 3.05) is 5.73 Å². The van der Waals surface area contributed by atoms with Crippen LogP contribution < -0.4 is 5.73 Å². The van der Waals surface area contributed by atoms with Crippen LogP contribution in [0.15, 0.2) is 41.6 Å². The van der Waals surface area contributed by atoms with Crippen molar-refractivity contribution in [2.45, 2.75) is 17.6 Å². The van der Waals surface area contributed by atoms with E-state index in [1.807, 2.05) is 19.3 Å². The van der Waals surface area contributed by atoms with Gasteiger partial charge in [0.05, 0.1) is 0 Å². The fraction of sp³-hybridized carbons (Fsp3) is 0.154. The zero-order valence-corrected chi connectivity index (χ0v) is 10.3. The van der Waals surface area contributed by atoms with Crippen LogP contribution in [0.25, 0.3) is 0 Å². The third-order valence-electron chi connectivity index (χ3n) is 2.30. The largest absolute Gasteiger partial charge is 0.398 e. The molecule has 1 heterocycles. The third-order valence-corrected chi connectivity index (χ3v) is 3.44. The van der Waals surface area contributed by atoms with E-state index in [2.05, 4.69) is 11.1 Å². The highest BCUT2D eigenvalue weighted by atomic mass is 32.2. The molecule has 2 nitrogen and oxygen atoms in total. The fourth-order valence-electron chi connectivity index (χ4n) is 1.49. The minimum Gasteiger partial charge on any atom is -0.398 e. The average Bonchev–Trinajstić information content (AvgIpc) is 2.30. The minimum absolute atomic E-state index is 0.260. The first-order valence-electron chi connectivity index (χ1n) is 5.23. The SMILES string of the molecule is Cc1cncc(CSc2cc(F)ccc2N)c1. The van der Waals surface area contributed by atoms with Gasteiger partial charge in [0.1, 0.15) is 5.82 Å². The van der Waals surface area contributed by atoms with E-state index >= 15 is 0 Å². The van der Waals surface area contributed by atoms with Gasteiger partial charge in [-0.1, -0.05) is 6.07 Å². The lowest BCUT2D eigenvalue weighted by Crippen LogP contribution is -1.91. The van der Waals surface area contributed by atoms with E-state index in [1.165, 1.54) is 23.9 Å². The Morgan fingerprint density at radius 2 is 2.12 bits per heavy atom. The van der Waals surface area contributed by atoms with Crippen LogP contribution in [0.4, 0.5) is 10.1 Å². The fourth-order valence-corrected chi connectivity index (χ4v) is 2.40. The number of anilines is 1. The first-order valence-corrected chi connectivity index (χ1v) is 6.22. The summed E-state index contributed by atoms with van der Waals surface area (Å²) < 4.78 is 13.1. The Bertz CT molecular complexity index is 529. The summed E-state index contributed by atoms with van der Waals surface area (Å²) in [6.07, 6.45) is 3.63. The number of nitrogen functional groups attached to an aromatic ring is 1. The molecule has 0 saturated carbocycles. The van der Waals surface area contributed by atoms with E-state index in [0.717, 1.165) is 21.8 Å². The second-order valence-electron chi connectivity index (χ2n) is 3.84. The number of aryl methyl sites for hydroxylation is 1. The van der Waals surface area contributed by atoms with Gasteiger partial charge in [-0.2, -0.15) is 0 Å². The number of benzene rings is 1. The Morgan fingerprint density at radius 3 is 2.88 bits per heavy atom. The first-order chi connectivity index (χ1) is 8.15. The highest BCUT2D eigenvalue weighted by Crippen LogP contribution is 2.28. The molecule has 88 valence electrons. The molecule has 2 rings (SSSR count). The molecular weight excluding hydrogens is 235 g/mol. The molecule has 1 aromatic heterocycles. The van der Waals surface area contributed by atoms with E-state index in [1.54, 1.807) is 6.07 Å². The predicted molar refractivity (Wildman–Crippen MR) is 69.3 cm³/mol. The topological polar surface area (TPSA) is 38.9 Å². The van der Waals surface area contributed by atoms with Gasteiger partial charge in [0.25, 0.3) is 0 Å². The summed E-state index contributed by atoms with van der Waals surface area (Å²) in [4.78, 5) is 4.89. The minimum atomic E-state index is -0.260. The number of pyridine rings is 1. The molecule has 0 spiro atoms. The summed E-state index contributed by atoms with van der Waals surface area (Å²) >= 11 is 1.52. The number of nitrogens with two attached hydrogens (primary N) is 1. The number of halogens is 1. The molecule has 0 atom stereocenters. The maximum atomic E-state index is 13.1. The van der Waals surface area contributed by atoms with Crippen molar-refractivity contribution >= 4 is 17.4 Å². The van der Waals surface area contributed by atoms with Crippen molar-refractivity contribution in [3.8, 4) is 0 Å². The summed E-state index contributed by atoms with van der Waals surface area (Å²) in [5.41, 5.74) is 8.62. The lowest BCUT2D eigenvalue weighted by atomic mass is 10.2. The molecule has 0 aliphatic carbocycles. The summed E-state index contributed by atoms with van der Waals surface area (Å²) in [5, 5.41) is 0. The molecule has 4 heteroatoms. The molecular formula is C13H13FN2S. The van der Waals surface area contributed by atoms with Crippen LogP contribution in [0, 0.1) is 12.7 Å². The van der Waals surface area contributed by atoms with Crippen molar-refractivity contribution < 1.29 is 4.39 Å². The standard InChI is InChI=1S/C13H13FN2S/c1-9-4-10(7-16-6-9)8-17-13-5-11(14)2-3-12(13)15/h2-7H,8,15H2,1H3. The molecule has 0 aliphatic heterocycles. The second-order valence-corrected chi connectivity index (χ2v) is 4.86. The average molecular weight is 248 g/mol. The normalized spacial score (nSPS) is 10.5. The van der Waals surface area contributed by atoms with Crippen LogP contribution in [0.2, 0.25) is 0 Å². The van der Waals surface area contributed by atoms with Gasteiger partial charge in [0.2, 0.25) is 0 Å². The molecule has 0 bridgehead atoms. The Kier molecular flexibility index (Phi) is 3.64. The van der Waals surface area contributed by atoms with Gasteiger partial charge in [0, 0.05) is 28.7 Å². The molecule has 0 saturated heterocycles. The third kappa shape index (κ3) is 3.20. The van der Waals surface area contributed by atoms with E-state index in [4.69, 9.17) is 5.73 Å². The Balaban J connectivity index is 2.09. The summed E-state index contributed by atoms with van der Waals surface area (Å²) in [6.45, 7) is 2.00. The van der Waals surface area contributed by atoms with Crippen molar-refractivity contribution in [1.29, 1.82) is 0 Å². The number of hydrogen-bond acceptors (Lipinski definition) is 3. The highest BCUT2D eigenvalue weighted by molar-refractivity contribution is 7.98. The molecule has 1 aromatic carbocycles. The first kappa shape index (κ1) is 11.9. The maximum Gasteiger partial charge on any atom is 0.124 e. The lowest BCUT2D eigenvalue weighted by Gasteiger charge is -2.05. The zero-order valence-electron chi connectivity index (χ0n) is 9.48. The van der Waals surface area contributed by atoms with Gasteiger partial charge in [-0.3, -0.25) is 4.98 Å². The van der Waals surface area contributed by atoms with Crippen LogP contribution in [0.1, 0.15) is 11.1 Å². The van der Waals surface area contributed by atoms with Crippen molar-refractivity contribution in [2.24, 2.45) is 0 Å². The number of thioether (sulfide) groups is 1. The number of rotatable bonds is 3. The Labute approximate surface area is 104 Å². The highest BCUT2D eigenvalue weighted by Gasteiger charge is 2.03. The number of aromatic nitrogens is 1. The molecule has 0 fully saturated rings. The van der Waals surface area contributed by atoms with Gasteiger partial charge < -0.3 is 5.73 Å². The van der Waals surface area contributed by atoms with Gasteiger partial charge >= 0.3 is 0 Å². The van der Waals surface area contributed by atoms with Crippen molar-refractivity contribution in [1.82, 2.24) is 4.98 Å². The smallest absolute Gasteiger partial charge is 0.124 e. The van der Waals surface area contributed by atoms with E-state index in [-0.39, 0.29) is 5.82 Å². The van der Waals surface area contributed by atoms with Gasteiger partial charge in [-0.05, 0) is 36.2 Å². The second kappa shape index (κ2) is 5.19. The quantitative estimate of drug-likeness (QED) is 0.668. The van der Waals surface area contributed by atoms with E-state index in [0.29, 0.717) is 5.69 Å². The van der Waals surface area contributed by atoms with Crippen LogP contribution in [-0.4, -0.2) is 4.98 Å². The summed E-state index contributed by atoms with van der Waals surface area (Å²) in [6, 6.07) is 6.48. The Morgan fingerprint density at radius 1 is 1.29 bits per heavy atom. The predicted octanol–water partition coefficient (Wildman–Crippen LogP) is 3.40. The van der Waals surface area contributed by atoms with Crippen molar-refractivity contribution in [3.05, 3.63) is 53.6 Å². The monoisotopic (exact) mass is 248 g/mol.